The van der Waals surface area contributed by atoms with E-state index in [4.69, 9.17) is 4.42 Å². The molecule has 0 aliphatic rings. The summed E-state index contributed by atoms with van der Waals surface area (Å²) >= 11 is 0. The van der Waals surface area contributed by atoms with Gasteiger partial charge in [-0.3, -0.25) is 0 Å². The van der Waals surface area contributed by atoms with Gasteiger partial charge in [0.1, 0.15) is 11.6 Å². The fourth-order valence-electron chi connectivity index (χ4n) is 2.09. The van der Waals surface area contributed by atoms with Gasteiger partial charge in [-0.1, -0.05) is 13.0 Å². The summed E-state index contributed by atoms with van der Waals surface area (Å²) in [5.41, 5.74) is 2.34. The second-order valence-corrected chi connectivity index (χ2v) is 5.03. The van der Waals surface area contributed by atoms with Crippen LogP contribution in [0.1, 0.15) is 30.4 Å². The Labute approximate surface area is 120 Å². The van der Waals surface area contributed by atoms with Gasteiger partial charge in [0.25, 0.3) is 0 Å². The third kappa shape index (κ3) is 3.84. The number of nitrogens with zero attached hydrogens (tertiary/aromatic N) is 2. The van der Waals surface area contributed by atoms with Crippen molar-refractivity contribution in [2.45, 2.75) is 33.4 Å². The fraction of sp³-hybridized carbons (Fsp3) is 0.438. The molecule has 2 heterocycles. The van der Waals surface area contributed by atoms with Crippen LogP contribution in [0, 0.1) is 6.92 Å². The molecule has 0 aromatic carbocycles. The molecule has 0 saturated heterocycles. The van der Waals surface area contributed by atoms with Crippen LogP contribution < -0.4 is 10.2 Å². The van der Waals surface area contributed by atoms with Gasteiger partial charge in [0.05, 0.1) is 12.8 Å². The van der Waals surface area contributed by atoms with Crippen LogP contribution in [0.25, 0.3) is 0 Å². The SMILES string of the molecule is CCCNCc1ccc(N(C)Cc2ccco2)nc1C. The second-order valence-electron chi connectivity index (χ2n) is 5.03. The molecule has 0 spiro atoms. The van der Waals surface area contributed by atoms with E-state index in [0.29, 0.717) is 0 Å². The minimum Gasteiger partial charge on any atom is -0.467 e. The van der Waals surface area contributed by atoms with Crippen LogP contribution in [0.3, 0.4) is 0 Å². The lowest BCUT2D eigenvalue weighted by Crippen LogP contribution is -2.19. The molecule has 0 atom stereocenters. The molecule has 0 saturated carbocycles. The molecule has 0 aliphatic carbocycles. The number of hydrogen-bond acceptors (Lipinski definition) is 4. The highest BCUT2D eigenvalue weighted by atomic mass is 16.3. The van der Waals surface area contributed by atoms with E-state index in [9.17, 15) is 0 Å². The van der Waals surface area contributed by atoms with E-state index >= 15 is 0 Å². The van der Waals surface area contributed by atoms with Crippen LogP contribution in [0.15, 0.2) is 34.9 Å². The monoisotopic (exact) mass is 273 g/mol. The predicted octanol–water partition coefficient (Wildman–Crippen LogP) is 3.12. The molecule has 2 aromatic heterocycles. The molecule has 108 valence electrons. The van der Waals surface area contributed by atoms with Gasteiger partial charge in [-0.15, -0.1) is 0 Å². The van der Waals surface area contributed by atoms with Crippen LogP contribution in [-0.2, 0) is 13.1 Å². The van der Waals surface area contributed by atoms with Gasteiger partial charge in [-0.05, 0) is 43.7 Å². The number of aryl methyl sites for hydroxylation is 1. The summed E-state index contributed by atoms with van der Waals surface area (Å²) in [5.74, 6) is 1.92. The summed E-state index contributed by atoms with van der Waals surface area (Å²) in [6, 6.07) is 8.11. The Morgan fingerprint density at radius 2 is 2.15 bits per heavy atom. The smallest absolute Gasteiger partial charge is 0.128 e. The molecule has 4 nitrogen and oxygen atoms in total. The topological polar surface area (TPSA) is 41.3 Å². The van der Waals surface area contributed by atoms with Crippen LogP contribution in [0.5, 0.6) is 0 Å². The Balaban J connectivity index is 2.00. The molecule has 0 radical (unpaired) electrons. The third-order valence-corrected chi connectivity index (χ3v) is 3.29. The van der Waals surface area contributed by atoms with E-state index in [1.807, 2.05) is 19.2 Å². The Hall–Kier alpha value is -1.81. The first-order valence-electron chi connectivity index (χ1n) is 7.11. The van der Waals surface area contributed by atoms with Crippen molar-refractivity contribution in [3.63, 3.8) is 0 Å². The van der Waals surface area contributed by atoms with Gasteiger partial charge in [0.15, 0.2) is 0 Å². The number of aromatic nitrogens is 1. The summed E-state index contributed by atoms with van der Waals surface area (Å²) in [5, 5.41) is 3.41. The van der Waals surface area contributed by atoms with Crippen molar-refractivity contribution in [1.82, 2.24) is 10.3 Å². The Morgan fingerprint density at radius 3 is 2.80 bits per heavy atom. The van der Waals surface area contributed by atoms with E-state index in [1.165, 1.54) is 5.56 Å². The van der Waals surface area contributed by atoms with Crippen molar-refractivity contribution in [3.05, 3.63) is 47.5 Å². The summed E-state index contributed by atoms with van der Waals surface area (Å²) < 4.78 is 5.37. The lowest BCUT2D eigenvalue weighted by molar-refractivity contribution is 0.507. The van der Waals surface area contributed by atoms with Crippen molar-refractivity contribution < 1.29 is 4.42 Å². The van der Waals surface area contributed by atoms with Gasteiger partial charge in [0, 0.05) is 19.3 Å². The van der Waals surface area contributed by atoms with Gasteiger partial charge in [-0.2, -0.15) is 0 Å². The third-order valence-electron chi connectivity index (χ3n) is 3.29. The van der Waals surface area contributed by atoms with E-state index < -0.39 is 0 Å². The summed E-state index contributed by atoms with van der Waals surface area (Å²) in [6.45, 7) is 6.89. The maximum Gasteiger partial charge on any atom is 0.128 e. The number of hydrogen-bond donors (Lipinski definition) is 1. The van der Waals surface area contributed by atoms with Gasteiger partial charge < -0.3 is 14.6 Å². The van der Waals surface area contributed by atoms with Crippen LogP contribution in [0.4, 0.5) is 5.82 Å². The first-order valence-corrected chi connectivity index (χ1v) is 7.11. The van der Waals surface area contributed by atoms with Gasteiger partial charge in [0.2, 0.25) is 0 Å². The maximum absolute atomic E-state index is 5.37. The molecule has 2 rings (SSSR count). The predicted molar refractivity (Wildman–Crippen MR) is 81.8 cm³/mol. The van der Waals surface area contributed by atoms with Gasteiger partial charge in [-0.25, -0.2) is 4.98 Å². The average Bonchev–Trinajstić information content (AvgIpc) is 2.93. The summed E-state index contributed by atoms with van der Waals surface area (Å²) in [6.07, 6.45) is 2.85. The number of pyridine rings is 1. The second kappa shape index (κ2) is 7.10. The Kier molecular flexibility index (Phi) is 5.18. The highest BCUT2D eigenvalue weighted by Gasteiger charge is 2.07. The molecule has 0 amide bonds. The minimum atomic E-state index is 0.729. The molecule has 0 fully saturated rings. The van der Waals surface area contributed by atoms with E-state index in [0.717, 1.165) is 43.3 Å². The molecule has 0 unspecified atom stereocenters. The molecule has 0 aliphatic heterocycles. The first-order chi connectivity index (χ1) is 9.70. The zero-order chi connectivity index (χ0) is 14.4. The van der Waals surface area contributed by atoms with E-state index in [-0.39, 0.29) is 0 Å². The number of rotatable bonds is 7. The molecule has 4 heteroatoms. The van der Waals surface area contributed by atoms with Gasteiger partial charge >= 0.3 is 0 Å². The number of anilines is 1. The molecular formula is C16H23N3O. The zero-order valence-corrected chi connectivity index (χ0v) is 12.5. The standard InChI is InChI=1S/C16H23N3O/c1-4-9-17-11-14-7-8-16(18-13(14)2)19(3)12-15-6-5-10-20-15/h5-8,10,17H,4,9,11-12H2,1-3H3. The number of nitrogens with one attached hydrogen (secondary N) is 1. The first kappa shape index (κ1) is 14.6. The highest BCUT2D eigenvalue weighted by molar-refractivity contribution is 5.41. The molecule has 2 aromatic rings. The lowest BCUT2D eigenvalue weighted by atomic mass is 10.2. The minimum absolute atomic E-state index is 0.729. The van der Waals surface area contributed by atoms with Crippen molar-refractivity contribution in [1.29, 1.82) is 0 Å². The fourth-order valence-corrected chi connectivity index (χ4v) is 2.09. The normalized spacial score (nSPS) is 10.8. The van der Waals surface area contributed by atoms with Crippen LogP contribution in [0.2, 0.25) is 0 Å². The molecular weight excluding hydrogens is 250 g/mol. The van der Waals surface area contributed by atoms with Crippen LogP contribution in [-0.4, -0.2) is 18.6 Å². The summed E-state index contributed by atoms with van der Waals surface area (Å²) in [7, 11) is 2.03. The van der Waals surface area contributed by atoms with E-state index in [2.05, 4.69) is 41.2 Å². The zero-order valence-electron chi connectivity index (χ0n) is 12.5. The van der Waals surface area contributed by atoms with Crippen LogP contribution >= 0.6 is 0 Å². The molecule has 0 bridgehead atoms. The Morgan fingerprint density at radius 1 is 1.30 bits per heavy atom. The maximum atomic E-state index is 5.37. The van der Waals surface area contributed by atoms with Crippen molar-refractivity contribution in [2.75, 3.05) is 18.5 Å². The van der Waals surface area contributed by atoms with E-state index in [1.54, 1.807) is 6.26 Å². The quantitative estimate of drug-likeness (QED) is 0.787. The largest absolute Gasteiger partial charge is 0.467 e. The molecule has 20 heavy (non-hydrogen) atoms. The number of furan rings is 1. The van der Waals surface area contributed by atoms with Crippen molar-refractivity contribution >= 4 is 5.82 Å². The lowest BCUT2D eigenvalue weighted by Gasteiger charge is -2.18. The highest BCUT2D eigenvalue weighted by Crippen LogP contribution is 2.16. The van der Waals surface area contributed by atoms with Crippen molar-refractivity contribution in [2.24, 2.45) is 0 Å². The summed E-state index contributed by atoms with van der Waals surface area (Å²) in [4.78, 5) is 6.77. The Bertz CT molecular complexity index is 523. The molecule has 1 N–H and O–H groups in total. The van der Waals surface area contributed by atoms with Crippen molar-refractivity contribution in [3.8, 4) is 0 Å². The average molecular weight is 273 g/mol.